The van der Waals surface area contributed by atoms with Crippen LogP contribution in [-0.2, 0) is 35.4 Å². The van der Waals surface area contributed by atoms with Crippen LogP contribution in [0.2, 0.25) is 0 Å². The molecule has 7 nitrogen and oxygen atoms in total. The molecule has 34 heavy (non-hydrogen) atoms. The Labute approximate surface area is 184 Å². The first-order valence-electron chi connectivity index (χ1n) is 8.91. The zero-order valence-electron chi connectivity index (χ0n) is 16.5. The standard InChI is InChI=1S/C17H11F9N4O3S/c1-2-8-11(27-5-9(17(24,25)26)12(8)34(31,32)33)14-29-10-3-7(16(21,22)23)4-28-13(10)30(14)6-15(18,19)20/h3-5H,2,6H2,1H3,(H,31,32,33). The number of pyridine rings is 2. The lowest BCUT2D eigenvalue weighted by atomic mass is 10.1. The van der Waals surface area contributed by atoms with Crippen molar-refractivity contribution in [3.8, 4) is 11.5 Å². The number of fused-ring (bicyclic) bond motifs is 1. The monoisotopic (exact) mass is 522 g/mol. The van der Waals surface area contributed by atoms with Gasteiger partial charge in [0, 0.05) is 18.0 Å². The molecule has 0 atom stereocenters. The van der Waals surface area contributed by atoms with Crippen LogP contribution < -0.4 is 0 Å². The lowest BCUT2D eigenvalue weighted by molar-refractivity contribution is -0.140. The molecule has 0 aromatic carbocycles. The van der Waals surface area contributed by atoms with Gasteiger partial charge in [-0.25, -0.2) is 9.97 Å². The minimum atomic E-state index is -5.58. The molecular formula is C17H11F9N4O3S. The van der Waals surface area contributed by atoms with Crippen LogP contribution in [0, 0.1) is 0 Å². The average molecular weight is 522 g/mol. The largest absolute Gasteiger partial charge is 0.419 e. The van der Waals surface area contributed by atoms with Crippen molar-refractivity contribution >= 4 is 21.3 Å². The summed E-state index contributed by atoms with van der Waals surface area (Å²) in [4.78, 5) is 8.78. The van der Waals surface area contributed by atoms with E-state index in [0.717, 1.165) is 6.92 Å². The van der Waals surface area contributed by atoms with Crippen LogP contribution in [0.15, 0.2) is 23.4 Å². The minimum Gasteiger partial charge on any atom is -0.298 e. The number of halogens is 9. The highest BCUT2D eigenvalue weighted by Gasteiger charge is 2.41. The highest BCUT2D eigenvalue weighted by molar-refractivity contribution is 7.86. The molecule has 0 aliphatic rings. The Kier molecular flexibility index (Phi) is 6.09. The second-order valence-corrected chi connectivity index (χ2v) is 8.21. The smallest absolute Gasteiger partial charge is 0.298 e. The van der Waals surface area contributed by atoms with Crippen LogP contribution in [0.1, 0.15) is 23.6 Å². The summed E-state index contributed by atoms with van der Waals surface area (Å²) >= 11 is 0. The van der Waals surface area contributed by atoms with E-state index in [4.69, 9.17) is 0 Å². The van der Waals surface area contributed by atoms with E-state index in [9.17, 15) is 52.5 Å². The molecule has 3 aromatic heterocycles. The maximum atomic E-state index is 13.4. The van der Waals surface area contributed by atoms with Crippen LogP contribution in [0.4, 0.5) is 39.5 Å². The van der Waals surface area contributed by atoms with Crippen LogP contribution in [0.3, 0.4) is 0 Å². The lowest BCUT2D eigenvalue weighted by Gasteiger charge is -2.18. The van der Waals surface area contributed by atoms with Gasteiger partial charge in [0.05, 0.1) is 11.1 Å². The predicted molar refractivity (Wildman–Crippen MR) is 96.0 cm³/mol. The molecule has 3 rings (SSSR count). The Morgan fingerprint density at radius 3 is 2.06 bits per heavy atom. The summed E-state index contributed by atoms with van der Waals surface area (Å²) in [5.74, 6) is -0.894. The first-order chi connectivity index (χ1) is 15.3. The van der Waals surface area contributed by atoms with Crippen molar-refractivity contribution < 1.29 is 52.5 Å². The molecule has 3 heterocycles. The van der Waals surface area contributed by atoms with Gasteiger partial charge in [-0.2, -0.15) is 47.9 Å². The van der Waals surface area contributed by atoms with Crippen molar-refractivity contribution in [1.29, 1.82) is 0 Å². The molecule has 0 aliphatic carbocycles. The maximum absolute atomic E-state index is 13.4. The van der Waals surface area contributed by atoms with Gasteiger partial charge in [0.15, 0.2) is 11.5 Å². The van der Waals surface area contributed by atoms with Crippen molar-refractivity contribution in [3.63, 3.8) is 0 Å². The topological polar surface area (TPSA) is 98.0 Å². The fraction of sp³-hybridized carbons (Fsp3) is 0.353. The third kappa shape index (κ3) is 4.94. The number of hydrogen-bond donors (Lipinski definition) is 1. The summed E-state index contributed by atoms with van der Waals surface area (Å²) in [6, 6.07) is 0.373. The first kappa shape index (κ1) is 25.7. The Morgan fingerprint density at radius 1 is 0.971 bits per heavy atom. The van der Waals surface area contributed by atoms with E-state index >= 15 is 0 Å². The van der Waals surface area contributed by atoms with Gasteiger partial charge in [-0.15, -0.1) is 0 Å². The Bertz CT molecular complexity index is 1360. The number of nitrogens with zero attached hydrogens (tertiary/aromatic N) is 4. The molecule has 0 saturated carbocycles. The Balaban J connectivity index is 2.44. The van der Waals surface area contributed by atoms with Gasteiger partial charge in [0.2, 0.25) is 0 Å². The molecule has 0 aliphatic heterocycles. The van der Waals surface area contributed by atoms with E-state index in [0.29, 0.717) is 6.07 Å². The maximum Gasteiger partial charge on any atom is 0.419 e. The summed E-state index contributed by atoms with van der Waals surface area (Å²) < 4.78 is 152. The van der Waals surface area contributed by atoms with Gasteiger partial charge in [-0.05, 0) is 12.5 Å². The van der Waals surface area contributed by atoms with E-state index in [-0.39, 0.29) is 17.0 Å². The second-order valence-electron chi connectivity index (χ2n) is 6.86. The normalized spacial score (nSPS) is 13.6. The fourth-order valence-electron chi connectivity index (χ4n) is 3.23. The van der Waals surface area contributed by atoms with E-state index in [1.54, 1.807) is 0 Å². The summed E-state index contributed by atoms with van der Waals surface area (Å²) in [7, 11) is -5.58. The summed E-state index contributed by atoms with van der Waals surface area (Å²) in [6.45, 7) is -0.754. The molecule has 186 valence electrons. The summed E-state index contributed by atoms with van der Waals surface area (Å²) in [5, 5.41) is 0. The molecule has 0 radical (unpaired) electrons. The van der Waals surface area contributed by atoms with E-state index in [1.165, 1.54) is 0 Å². The molecule has 0 fully saturated rings. The van der Waals surface area contributed by atoms with Crippen molar-refractivity contribution in [1.82, 2.24) is 19.5 Å². The highest BCUT2D eigenvalue weighted by atomic mass is 32.2. The quantitative estimate of drug-likeness (QED) is 0.387. The molecule has 0 bridgehead atoms. The predicted octanol–water partition coefficient (Wildman–Crippen LogP) is 4.90. The highest BCUT2D eigenvalue weighted by Crippen LogP contribution is 2.40. The van der Waals surface area contributed by atoms with E-state index < -0.39 is 85.9 Å². The molecule has 0 spiro atoms. The lowest BCUT2D eigenvalue weighted by Crippen LogP contribution is -2.21. The van der Waals surface area contributed by atoms with Crippen molar-refractivity contribution in [3.05, 3.63) is 35.2 Å². The van der Waals surface area contributed by atoms with Gasteiger partial charge >= 0.3 is 18.5 Å². The third-order valence-corrected chi connectivity index (χ3v) is 5.49. The van der Waals surface area contributed by atoms with Gasteiger partial charge < -0.3 is 0 Å². The van der Waals surface area contributed by atoms with Gasteiger partial charge in [0.25, 0.3) is 10.1 Å². The summed E-state index contributed by atoms with van der Waals surface area (Å²) in [5.41, 5.74) is -6.32. The van der Waals surface area contributed by atoms with E-state index in [2.05, 4.69) is 15.0 Å². The fourth-order valence-corrected chi connectivity index (χ4v) is 4.23. The van der Waals surface area contributed by atoms with Crippen LogP contribution in [-0.4, -0.2) is 38.7 Å². The number of hydrogen-bond acceptors (Lipinski definition) is 5. The summed E-state index contributed by atoms with van der Waals surface area (Å²) in [6.07, 6.45) is -15.6. The molecule has 0 amide bonds. The van der Waals surface area contributed by atoms with Crippen LogP contribution in [0.5, 0.6) is 0 Å². The van der Waals surface area contributed by atoms with Crippen molar-refractivity contribution in [2.24, 2.45) is 0 Å². The van der Waals surface area contributed by atoms with Crippen LogP contribution in [0.25, 0.3) is 22.7 Å². The van der Waals surface area contributed by atoms with Crippen LogP contribution >= 0.6 is 0 Å². The molecular weight excluding hydrogens is 511 g/mol. The zero-order valence-corrected chi connectivity index (χ0v) is 17.3. The number of imidazole rings is 1. The minimum absolute atomic E-state index is 0.0244. The van der Waals surface area contributed by atoms with Gasteiger partial charge in [-0.3, -0.25) is 14.1 Å². The van der Waals surface area contributed by atoms with Crippen molar-refractivity contribution in [2.45, 2.75) is 43.3 Å². The molecule has 1 N–H and O–H groups in total. The SMILES string of the molecule is CCc1c(-c2nc3cc(C(F)(F)F)cnc3n2CC(F)(F)F)ncc(C(F)(F)F)c1S(=O)(=O)O. The van der Waals surface area contributed by atoms with Crippen molar-refractivity contribution in [2.75, 3.05) is 0 Å². The first-order valence-corrected chi connectivity index (χ1v) is 10.4. The number of rotatable bonds is 4. The Hall–Kier alpha value is -2.95. The van der Waals surface area contributed by atoms with E-state index in [1.807, 2.05) is 0 Å². The number of alkyl halides is 9. The zero-order chi connectivity index (χ0) is 25.9. The second kappa shape index (κ2) is 8.07. The molecule has 17 heteroatoms. The Morgan fingerprint density at radius 2 is 1.59 bits per heavy atom. The third-order valence-electron chi connectivity index (χ3n) is 4.51. The molecule has 0 unspecified atom stereocenters. The molecule has 3 aromatic rings. The van der Waals surface area contributed by atoms with Gasteiger partial charge in [-0.1, -0.05) is 6.92 Å². The number of aromatic nitrogens is 4. The average Bonchev–Trinajstić information content (AvgIpc) is 3.00. The van der Waals surface area contributed by atoms with Gasteiger partial charge in [0.1, 0.15) is 22.7 Å². The molecule has 0 saturated heterocycles.